The maximum Gasteiger partial charge on any atom is 0.334 e. The quantitative estimate of drug-likeness (QED) is 0.0941. The Morgan fingerprint density at radius 3 is 1.84 bits per heavy atom. The molecule has 4 heteroatoms. The Kier molecular flexibility index (Phi) is 21.9. The first-order valence-corrected chi connectivity index (χ1v) is 13.6. The lowest BCUT2D eigenvalue weighted by molar-refractivity contribution is -0.142. The second-order valence-corrected chi connectivity index (χ2v) is 9.14. The van der Waals surface area contributed by atoms with Crippen LogP contribution in [0.2, 0.25) is 0 Å². The number of ether oxygens (including phenoxy) is 2. The van der Waals surface area contributed by atoms with E-state index in [0.29, 0.717) is 31.1 Å². The van der Waals surface area contributed by atoms with Crippen LogP contribution in [0.4, 0.5) is 0 Å². The molecule has 0 radical (unpaired) electrons. The number of carbonyl (C=O) groups is 2. The van der Waals surface area contributed by atoms with Gasteiger partial charge >= 0.3 is 11.9 Å². The average molecular weight is 453 g/mol. The summed E-state index contributed by atoms with van der Waals surface area (Å²) in [5.74, 6) is -0.353. The summed E-state index contributed by atoms with van der Waals surface area (Å²) in [5, 5.41) is 0. The highest BCUT2D eigenvalue weighted by Gasteiger charge is 2.16. The third kappa shape index (κ3) is 18.3. The van der Waals surface area contributed by atoms with E-state index in [9.17, 15) is 9.59 Å². The molecule has 0 spiro atoms. The molecule has 1 unspecified atom stereocenters. The number of hydrogen-bond acceptors (Lipinski definition) is 4. The van der Waals surface area contributed by atoms with Crippen molar-refractivity contribution in [3.8, 4) is 0 Å². The maximum absolute atomic E-state index is 12.7. The second-order valence-electron chi connectivity index (χ2n) is 9.14. The van der Waals surface area contributed by atoms with Gasteiger partial charge in [0.2, 0.25) is 0 Å². The Balaban J connectivity index is 4.61. The summed E-state index contributed by atoms with van der Waals surface area (Å²) >= 11 is 0. The summed E-state index contributed by atoms with van der Waals surface area (Å²) in [6, 6.07) is 0. The van der Waals surface area contributed by atoms with Gasteiger partial charge in [0.25, 0.3) is 0 Å². The Labute approximate surface area is 198 Å². The summed E-state index contributed by atoms with van der Waals surface area (Å²) in [5.41, 5.74) is 0.471. The van der Waals surface area contributed by atoms with Crippen LogP contribution < -0.4 is 0 Å². The molecule has 0 aliphatic carbocycles. The van der Waals surface area contributed by atoms with E-state index in [1.165, 1.54) is 57.4 Å². The topological polar surface area (TPSA) is 52.6 Å². The highest BCUT2D eigenvalue weighted by Crippen LogP contribution is 2.17. The van der Waals surface area contributed by atoms with Crippen LogP contribution in [0.1, 0.15) is 137 Å². The van der Waals surface area contributed by atoms with Crippen LogP contribution in [-0.2, 0) is 19.1 Å². The van der Waals surface area contributed by atoms with Crippen LogP contribution in [0.15, 0.2) is 11.6 Å². The molecule has 0 bridgehead atoms. The Hall–Kier alpha value is -1.32. The summed E-state index contributed by atoms with van der Waals surface area (Å²) in [6.45, 7) is 9.59. The van der Waals surface area contributed by atoms with Crippen LogP contribution in [0.5, 0.6) is 0 Å². The van der Waals surface area contributed by atoms with Crippen LogP contribution in [0, 0.1) is 5.92 Å². The molecular formula is C28H52O4. The summed E-state index contributed by atoms with van der Waals surface area (Å²) in [7, 11) is 0. The van der Waals surface area contributed by atoms with E-state index < -0.39 is 5.97 Å². The van der Waals surface area contributed by atoms with E-state index in [1.54, 1.807) is 0 Å². The van der Waals surface area contributed by atoms with Gasteiger partial charge in [0.1, 0.15) is 0 Å². The van der Waals surface area contributed by atoms with Crippen molar-refractivity contribution in [3.63, 3.8) is 0 Å². The van der Waals surface area contributed by atoms with Crippen molar-refractivity contribution < 1.29 is 19.1 Å². The van der Waals surface area contributed by atoms with Crippen molar-refractivity contribution in [1.29, 1.82) is 0 Å². The van der Waals surface area contributed by atoms with Gasteiger partial charge in [0.15, 0.2) is 0 Å². The van der Waals surface area contributed by atoms with Gasteiger partial charge in [-0.2, -0.15) is 0 Å². The molecule has 32 heavy (non-hydrogen) atoms. The van der Waals surface area contributed by atoms with Crippen LogP contribution in [0.25, 0.3) is 0 Å². The molecule has 0 saturated heterocycles. The number of carbonyl (C=O) groups excluding carboxylic acids is 2. The third-order valence-electron chi connectivity index (χ3n) is 6.09. The van der Waals surface area contributed by atoms with Gasteiger partial charge in [-0.1, -0.05) is 111 Å². The molecule has 188 valence electrons. The predicted octanol–water partition coefficient (Wildman–Crippen LogP) is 8.33. The first-order valence-electron chi connectivity index (χ1n) is 13.6. The molecule has 0 aromatic rings. The molecule has 0 aromatic carbocycles. The maximum atomic E-state index is 12.7. The molecular weight excluding hydrogens is 400 g/mol. The smallest absolute Gasteiger partial charge is 0.334 e. The number of hydrogen-bond donors (Lipinski definition) is 0. The average Bonchev–Trinajstić information content (AvgIpc) is 2.79. The van der Waals surface area contributed by atoms with Gasteiger partial charge in [-0.3, -0.25) is 0 Å². The normalized spacial score (nSPS) is 12.6. The highest BCUT2D eigenvalue weighted by atomic mass is 16.5. The molecule has 0 amide bonds. The summed E-state index contributed by atoms with van der Waals surface area (Å²) in [6.07, 6.45) is 20.1. The fourth-order valence-corrected chi connectivity index (χ4v) is 3.75. The molecule has 0 N–H and O–H groups in total. The van der Waals surface area contributed by atoms with Gasteiger partial charge in [0, 0.05) is 11.6 Å². The van der Waals surface area contributed by atoms with Crippen LogP contribution >= 0.6 is 0 Å². The van der Waals surface area contributed by atoms with E-state index >= 15 is 0 Å². The molecule has 0 fully saturated rings. The minimum atomic E-state index is -0.408. The van der Waals surface area contributed by atoms with Crippen molar-refractivity contribution in [2.45, 2.75) is 137 Å². The zero-order valence-corrected chi connectivity index (χ0v) is 21.7. The molecule has 0 aromatic heterocycles. The minimum absolute atomic E-state index is 0.343. The molecule has 0 saturated carbocycles. The predicted molar refractivity (Wildman–Crippen MR) is 135 cm³/mol. The van der Waals surface area contributed by atoms with Crippen molar-refractivity contribution in [2.24, 2.45) is 5.92 Å². The largest absolute Gasteiger partial charge is 0.463 e. The van der Waals surface area contributed by atoms with Gasteiger partial charge in [-0.15, -0.1) is 0 Å². The van der Waals surface area contributed by atoms with Gasteiger partial charge in [-0.25, -0.2) is 9.59 Å². The summed E-state index contributed by atoms with van der Waals surface area (Å²) in [4.78, 5) is 25.0. The van der Waals surface area contributed by atoms with Gasteiger partial charge < -0.3 is 9.47 Å². The minimum Gasteiger partial charge on any atom is -0.463 e. The molecule has 4 nitrogen and oxygen atoms in total. The Morgan fingerprint density at radius 1 is 0.688 bits per heavy atom. The van der Waals surface area contributed by atoms with E-state index in [0.717, 1.165) is 51.4 Å². The fourth-order valence-electron chi connectivity index (χ4n) is 3.75. The number of esters is 2. The monoisotopic (exact) mass is 452 g/mol. The van der Waals surface area contributed by atoms with E-state index in [1.807, 2.05) is 0 Å². The van der Waals surface area contributed by atoms with Crippen molar-refractivity contribution in [1.82, 2.24) is 0 Å². The molecule has 0 aliphatic heterocycles. The van der Waals surface area contributed by atoms with Crippen molar-refractivity contribution in [3.05, 3.63) is 11.6 Å². The summed E-state index contributed by atoms with van der Waals surface area (Å²) < 4.78 is 11.0. The third-order valence-corrected chi connectivity index (χ3v) is 6.09. The lowest BCUT2D eigenvalue weighted by Crippen LogP contribution is -2.17. The van der Waals surface area contributed by atoms with E-state index in [4.69, 9.17) is 9.47 Å². The first kappa shape index (κ1) is 30.7. The number of unbranched alkanes of at least 4 members (excludes halogenated alkanes) is 11. The lowest BCUT2D eigenvalue weighted by atomic mass is 10.0. The highest BCUT2D eigenvalue weighted by molar-refractivity contribution is 5.96. The fraction of sp³-hybridized carbons (Fsp3) is 0.857. The zero-order valence-electron chi connectivity index (χ0n) is 21.7. The van der Waals surface area contributed by atoms with Crippen LogP contribution in [-0.4, -0.2) is 25.2 Å². The SMILES string of the molecule is CCCCCCCCOC(=O)/C=C(/CCCCCCCC)C(=O)OCC(CC)CCCC. The van der Waals surface area contributed by atoms with E-state index in [-0.39, 0.29) is 5.97 Å². The van der Waals surface area contributed by atoms with Gasteiger partial charge in [-0.05, 0) is 31.6 Å². The van der Waals surface area contributed by atoms with Gasteiger partial charge in [0.05, 0.1) is 13.2 Å². The molecule has 0 rings (SSSR count). The Bertz CT molecular complexity index is 484. The lowest BCUT2D eigenvalue weighted by Gasteiger charge is -2.15. The van der Waals surface area contributed by atoms with Crippen molar-refractivity contribution in [2.75, 3.05) is 13.2 Å². The second kappa shape index (κ2) is 22.9. The number of rotatable bonds is 22. The Morgan fingerprint density at radius 2 is 1.25 bits per heavy atom. The first-order chi connectivity index (χ1) is 15.6. The molecule has 1 atom stereocenters. The standard InChI is InChI=1S/C28H52O4/c1-5-9-12-14-16-18-21-26(28(30)32-24-25(8-4)20-11-7-3)23-27(29)31-22-19-17-15-13-10-6-2/h23,25H,5-22,24H2,1-4H3/b26-23-. The molecule has 0 aliphatic rings. The van der Waals surface area contributed by atoms with E-state index in [2.05, 4.69) is 27.7 Å². The van der Waals surface area contributed by atoms with Crippen molar-refractivity contribution >= 4 is 11.9 Å². The van der Waals surface area contributed by atoms with Crippen LogP contribution in [0.3, 0.4) is 0 Å². The molecule has 0 heterocycles. The zero-order chi connectivity index (χ0) is 23.9.